The fourth-order valence-corrected chi connectivity index (χ4v) is 5.26. The Hall–Kier alpha value is -2.92. The second kappa shape index (κ2) is 9.38. The Morgan fingerprint density at radius 3 is 2.62 bits per heavy atom. The number of halogens is 4. The Kier molecular flexibility index (Phi) is 6.68. The zero-order valence-electron chi connectivity index (χ0n) is 18.3. The fourth-order valence-electron chi connectivity index (χ4n) is 3.77. The number of hydrogen-bond donors (Lipinski definition) is 2. The topological polar surface area (TPSA) is 88.9 Å². The van der Waals surface area contributed by atoms with Crippen molar-refractivity contribution in [1.29, 1.82) is 0 Å². The first-order valence-corrected chi connectivity index (χ1v) is 11.8. The SMILES string of the molecule is CC(C)NC(=O)c1c(NC(=O)c2cc(C(F)(F)F)nn2-c2ncccc2Cl)sc2c1CCCC2. The van der Waals surface area contributed by atoms with Crippen molar-refractivity contribution in [2.24, 2.45) is 0 Å². The molecule has 7 nitrogen and oxygen atoms in total. The lowest BCUT2D eigenvalue weighted by molar-refractivity contribution is -0.141. The van der Waals surface area contributed by atoms with E-state index in [0.29, 0.717) is 23.1 Å². The number of nitrogens with zero attached hydrogens (tertiary/aromatic N) is 3. The first-order chi connectivity index (χ1) is 16.1. The normalized spacial score (nSPS) is 13.6. The second-order valence-electron chi connectivity index (χ2n) is 8.13. The number of alkyl halides is 3. The number of carbonyl (C=O) groups excluding carboxylic acids is 2. The molecule has 3 aromatic rings. The molecule has 34 heavy (non-hydrogen) atoms. The van der Waals surface area contributed by atoms with Crippen LogP contribution in [0.2, 0.25) is 5.02 Å². The van der Waals surface area contributed by atoms with Gasteiger partial charge in [-0.25, -0.2) is 9.67 Å². The highest BCUT2D eigenvalue weighted by molar-refractivity contribution is 7.17. The molecular formula is C22H21ClF3N5O2S. The van der Waals surface area contributed by atoms with Gasteiger partial charge in [-0.1, -0.05) is 11.6 Å². The molecule has 3 heterocycles. The molecule has 0 fully saturated rings. The van der Waals surface area contributed by atoms with E-state index in [0.717, 1.165) is 34.4 Å². The van der Waals surface area contributed by atoms with E-state index in [9.17, 15) is 22.8 Å². The number of amides is 2. The first kappa shape index (κ1) is 24.2. The van der Waals surface area contributed by atoms with Crippen LogP contribution in [-0.4, -0.2) is 32.6 Å². The van der Waals surface area contributed by atoms with Crippen LogP contribution < -0.4 is 10.6 Å². The van der Waals surface area contributed by atoms with Gasteiger partial charge >= 0.3 is 6.18 Å². The fraction of sp³-hybridized carbons (Fsp3) is 0.364. The summed E-state index contributed by atoms with van der Waals surface area (Å²) >= 11 is 7.39. The van der Waals surface area contributed by atoms with Crippen molar-refractivity contribution in [1.82, 2.24) is 20.1 Å². The molecule has 4 rings (SSSR count). The van der Waals surface area contributed by atoms with Crippen molar-refractivity contribution in [3.8, 4) is 5.82 Å². The molecule has 0 bridgehead atoms. The highest BCUT2D eigenvalue weighted by atomic mass is 35.5. The molecule has 0 radical (unpaired) electrons. The standard InChI is InChI=1S/C22H21ClF3N5O2S/c1-11(2)28-20(33)17-12-6-3-4-8-15(12)34-21(17)29-19(32)14-10-16(22(24,25)26)30-31(14)18-13(23)7-5-9-27-18/h5,7,9-11H,3-4,6,8H2,1-2H3,(H,28,33)(H,29,32). The number of fused-ring (bicyclic) bond motifs is 1. The van der Waals surface area contributed by atoms with Crippen molar-refractivity contribution in [2.45, 2.75) is 51.7 Å². The van der Waals surface area contributed by atoms with Crippen LogP contribution in [0.5, 0.6) is 0 Å². The Balaban J connectivity index is 1.77. The van der Waals surface area contributed by atoms with Crippen LogP contribution in [0.15, 0.2) is 24.4 Å². The third-order valence-corrected chi connectivity index (χ3v) is 6.72. The van der Waals surface area contributed by atoms with Gasteiger partial charge < -0.3 is 10.6 Å². The maximum atomic E-state index is 13.4. The molecule has 180 valence electrons. The second-order valence-corrected chi connectivity index (χ2v) is 9.64. The zero-order valence-corrected chi connectivity index (χ0v) is 19.9. The smallest absolute Gasteiger partial charge is 0.350 e. The van der Waals surface area contributed by atoms with Gasteiger partial charge in [-0.15, -0.1) is 11.3 Å². The molecule has 0 saturated heterocycles. The summed E-state index contributed by atoms with van der Waals surface area (Å²) in [6.45, 7) is 3.64. The van der Waals surface area contributed by atoms with E-state index in [2.05, 4.69) is 20.7 Å². The van der Waals surface area contributed by atoms with E-state index < -0.39 is 23.5 Å². The maximum absolute atomic E-state index is 13.4. The van der Waals surface area contributed by atoms with Crippen molar-refractivity contribution >= 4 is 39.8 Å². The molecule has 0 spiro atoms. The minimum absolute atomic E-state index is 0.0250. The predicted molar refractivity (Wildman–Crippen MR) is 123 cm³/mol. The number of nitrogens with one attached hydrogen (secondary N) is 2. The third-order valence-electron chi connectivity index (χ3n) is 5.22. The third kappa shape index (κ3) is 4.80. The number of thiophene rings is 1. The molecule has 1 aliphatic rings. The van der Waals surface area contributed by atoms with Crippen LogP contribution in [0.1, 0.15) is 63.7 Å². The van der Waals surface area contributed by atoms with Crippen LogP contribution in [0.3, 0.4) is 0 Å². The first-order valence-electron chi connectivity index (χ1n) is 10.6. The van der Waals surface area contributed by atoms with E-state index in [4.69, 9.17) is 11.6 Å². The summed E-state index contributed by atoms with van der Waals surface area (Å²) in [7, 11) is 0. The van der Waals surface area contributed by atoms with Crippen LogP contribution in [0, 0.1) is 0 Å². The van der Waals surface area contributed by atoms with Gasteiger partial charge in [0.05, 0.1) is 10.6 Å². The maximum Gasteiger partial charge on any atom is 0.435 e. The van der Waals surface area contributed by atoms with Gasteiger partial charge in [0.25, 0.3) is 11.8 Å². The van der Waals surface area contributed by atoms with Gasteiger partial charge in [-0.3, -0.25) is 9.59 Å². The highest BCUT2D eigenvalue weighted by Crippen LogP contribution is 2.39. The summed E-state index contributed by atoms with van der Waals surface area (Å²) < 4.78 is 41.0. The lowest BCUT2D eigenvalue weighted by Gasteiger charge is -2.14. The number of anilines is 1. The monoisotopic (exact) mass is 511 g/mol. The van der Waals surface area contributed by atoms with E-state index in [1.807, 2.05) is 13.8 Å². The lowest BCUT2D eigenvalue weighted by atomic mass is 9.95. The van der Waals surface area contributed by atoms with E-state index in [1.54, 1.807) is 0 Å². The quantitative estimate of drug-likeness (QED) is 0.488. The summed E-state index contributed by atoms with van der Waals surface area (Å²) in [5.41, 5.74) is -0.432. The Morgan fingerprint density at radius 2 is 1.94 bits per heavy atom. The Morgan fingerprint density at radius 1 is 1.21 bits per heavy atom. The van der Waals surface area contributed by atoms with E-state index in [1.165, 1.54) is 29.7 Å². The predicted octanol–water partition coefficient (Wildman–Crippen LogP) is 5.27. The van der Waals surface area contributed by atoms with Crippen molar-refractivity contribution in [3.05, 3.63) is 56.8 Å². The average Bonchev–Trinajstić information content (AvgIpc) is 3.35. The van der Waals surface area contributed by atoms with Gasteiger partial charge in [-0.2, -0.15) is 18.3 Å². The van der Waals surface area contributed by atoms with Gasteiger partial charge in [0.1, 0.15) is 10.7 Å². The number of hydrogen-bond acceptors (Lipinski definition) is 5. The molecule has 0 aliphatic heterocycles. The van der Waals surface area contributed by atoms with Crippen molar-refractivity contribution in [3.63, 3.8) is 0 Å². The summed E-state index contributed by atoms with van der Waals surface area (Å²) in [5, 5.41) is 9.36. The number of rotatable bonds is 5. The molecule has 0 unspecified atom stereocenters. The molecule has 3 aromatic heterocycles. The number of aromatic nitrogens is 3. The van der Waals surface area contributed by atoms with Gasteiger partial charge in [0.15, 0.2) is 11.5 Å². The average molecular weight is 512 g/mol. The number of aryl methyl sites for hydroxylation is 1. The van der Waals surface area contributed by atoms with Crippen molar-refractivity contribution < 1.29 is 22.8 Å². The Labute approximate surface area is 202 Å². The largest absolute Gasteiger partial charge is 0.435 e. The summed E-state index contributed by atoms with van der Waals surface area (Å²) in [6.07, 6.45) is -0.101. The van der Waals surface area contributed by atoms with Crippen LogP contribution in [0.4, 0.5) is 18.2 Å². The minimum Gasteiger partial charge on any atom is -0.350 e. The van der Waals surface area contributed by atoms with Crippen LogP contribution in [-0.2, 0) is 19.0 Å². The molecule has 0 atom stereocenters. The lowest BCUT2D eigenvalue weighted by Crippen LogP contribution is -2.31. The van der Waals surface area contributed by atoms with E-state index >= 15 is 0 Å². The highest BCUT2D eigenvalue weighted by Gasteiger charge is 2.37. The molecule has 2 amide bonds. The van der Waals surface area contributed by atoms with Gasteiger partial charge in [-0.05, 0) is 57.2 Å². The number of pyridine rings is 1. The van der Waals surface area contributed by atoms with Crippen LogP contribution >= 0.6 is 22.9 Å². The van der Waals surface area contributed by atoms with Crippen molar-refractivity contribution in [2.75, 3.05) is 5.32 Å². The minimum atomic E-state index is -4.79. The molecule has 12 heteroatoms. The summed E-state index contributed by atoms with van der Waals surface area (Å²) in [6, 6.07) is 3.46. The summed E-state index contributed by atoms with van der Waals surface area (Å²) in [4.78, 5) is 31.2. The van der Waals surface area contributed by atoms with Gasteiger partial charge in [0, 0.05) is 23.2 Å². The molecular weight excluding hydrogens is 491 g/mol. The van der Waals surface area contributed by atoms with Gasteiger partial charge in [0.2, 0.25) is 0 Å². The number of carbonyl (C=O) groups is 2. The van der Waals surface area contributed by atoms with E-state index in [-0.39, 0.29) is 22.8 Å². The zero-order chi connectivity index (χ0) is 24.6. The Bertz CT molecular complexity index is 1250. The molecule has 2 N–H and O–H groups in total. The summed E-state index contributed by atoms with van der Waals surface area (Å²) in [5.74, 6) is -1.31. The van der Waals surface area contributed by atoms with Crippen LogP contribution in [0.25, 0.3) is 5.82 Å². The molecule has 0 saturated carbocycles. The molecule has 0 aromatic carbocycles. The molecule has 1 aliphatic carbocycles.